The number of hydrogen-bond donors (Lipinski definition) is 1. The molecule has 5 heteroatoms. The van der Waals surface area contributed by atoms with Gasteiger partial charge in [0.2, 0.25) is 0 Å². The van der Waals surface area contributed by atoms with E-state index in [0.29, 0.717) is 12.6 Å². The summed E-state index contributed by atoms with van der Waals surface area (Å²) < 4.78 is 7.76. The third-order valence-electron chi connectivity index (χ3n) is 4.22. The number of aromatic nitrogens is 1. The van der Waals surface area contributed by atoms with Crippen molar-refractivity contribution < 1.29 is 4.74 Å². The second-order valence-electron chi connectivity index (χ2n) is 5.74. The molecule has 1 N–H and O–H groups in total. The third kappa shape index (κ3) is 4.05. The van der Waals surface area contributed by atoms with E-state index in [9.17, 15) is 0 Å². The van der Waals surface area contributed by atoms with Gasteiger partial charge >= 0.3 is 0 Å². The number of ether oxygens (including phenoxy) is 1. The third-order valence-corrected chi connectivity index (χ3v) is 4.58. The number of nitrogens with one attached hydrogen (secondary N) is 1. The zero-order valence-corrected chi connectivity index (χ0v) is 14.3. The molecule has 1 aromatic carbocycles. The summed E-state index contributed by atoms with van der Waals surface area (Å²) in [5.74, 6) is 0.886. The highest BCUT2D eigenvalue weighted by atomic mass is 32.1. The van der Waals surface area contributed by atoms with Gasteiger partial charge in [-0.2, -0.15) is 0 Å². The Morgan fingerprint density at radius 1 is 1.17 bits per heavy atom. The van der Waals surface area contributed by atoms with Crippen molar-refractivity contribution in [2.45, 2.75) is 25.8 Å². The molecular formula is C18H23N3OS. The summed E-state index contributed by atoms with van der Waals surface area (Å²) in [6.45, 7) is 4.65. The van der Waals surface area contributed by atoms with Crippen molar-refractivity contribution in [2.24, 2.45) is 0 Å². The van der Waals surface area contributed by atoms with Crippen molar-refractivity contribution in [3.05, 3.63) is 48.8 Å². The summed E-state index contributed by atoms with van der Waals surface area (Å²) in [5.41, 5.74) is 1.01. The first-order chi connectivity index (χ1) is 11.3. The topological polar surface area (TPSA) is 29.4 Å². The lowest BCUT2D eigenvalue weighted by atomic mass is 10.1. The summed E-state index contributed by atoms with van der Waals surface area (Å²) in [4.78, 5) is 2.26. The molecule has 1 saturated heterocycles. The first-order valence-corrected chi connectivity index (χ1v) is 8.58. The van der Waals surface area contributed by atoms with E-state index in [1.54, 1.807) is 0 Å². The fraction of sp³-hybridized carbons (Fsp3) is 0.389. The van der Waals surface area contributed by atoms with E-state index in [1.165, 1.54) is 0 Å². The second kappa shape index (κ2) is 7.51. The predicted molar refractivity (Wildman–Crippen MR) is 98.1 cm³/mol. The average molecular weight is 329 g/mol. The van der Waals surface area contributed by atoms with Crippen LogP contribution < -0.4 is 10.1 Å². The van der Waals surface area contributed by atoms with Gasteiger partial charge in [0.1, 0.15) is 5.75 Å². The maximum absolute atomic E-state index is 5.56. The first-order valence-electron chi connectivity index (χ1n) is 8.17. The van der Waals surface area contributed by atoms with Crippen molar-refractivity contribution in [1.82, 2.24) is 9.47 Å². The predicted octanol–water partition coefficient (Wildman–Crippen LogP) is 3.92. The quantitative estimate of drug-likeness (QED) is 0.861. The summed E-state index contributed by atoms with van der Waals surface area (Å²) >= 11 is 5.56. The lowest BCUT2D eigenvalue weighted by Gasteiger charge is -2.34. The largest absolute Gasteiger partial charge is 0.494 e. The monoisotopic (exact) mass is 329 g/mol. The Hall–Kier alpha value is -2.01. The van der Waals surface area contributed by atoms with Crippen molar-refractivity contribution in [3.8, 4) is 5.75 Å². The van der Waals surface area contributed by atoms with Crippen LogP contribution in [0, 0.1) is 0 Å². The average Bonchev–Trinajstić information content (AvgIpc) is 3.11. The van der Waals surface area contributed by atoms with Crippen molar-refractivity contribution in [3.63, 3.8) is 0 Å². The first kappa shape index (κ1) is 15.9. The van der Waals surface area contributed by atoms with Crippen LogP contribution in [0.5, 0.6) is 5.75 Å². The minimum Gasteiger partial charge on any atom is -0.494 e. The van der Waals surface area contributed by atoms with E-state index in [1.807, 2.05) is 31.2 Å². The maximum Gasteiger partial charge on any atom is 0.173 e. The molecule has 1 aliphatic heterocycles. The lowest BCUT2D eigenvalue weighted by Crippen LogP contribution is -2.41. The van der Waals surface area contributed by atoms with E-state index < -0.39 is 0 Å². The van der Waals surface area contributed by atoms with Gasteiger partial charge in [0.15, 0.2) is 5.11 Å². The molecule has 122 valence electrons. The van der Waals surface area contributed by atoms with Gasteiger partial charge in [-0.1, -0.05) is 0 Å². The maximum atomic E-state index is 5.56. The summed E-state index contributed by atoms with van der Waals surface area (Å²) in [6.07, 6.45) is 6.55. The van der Waals surface area contributed by atoms with Crippen molar-refractivity contribution in [1.29, 1.82) is 0 Å². The number of likely N-dealkylation sites (tertiary alicyclic amines) is 1. The molecule has 0 spiro atoms. The van der Waals surface area contributed by atoms with E-state index in [0.717, 1.165) is 42.5 Å². The molecule has 2 aromatic rings. The van der Waals surface area contributed by atoms with Gasteiger partial charge in [0.05, 0.1) is 6.61 Å². The van der Waals surface area contributed by atoms with Gasteiger partial charge in [-0.25, -0.2) is 0 Å². The van der Waals surface area contributed by atoms with Crippen LogP contribution >= 0.6 is 12.2 Å². The zero-order valence-electron chi connectivity index (χ0n) is 13.4. The van der Waals surface area contributed by atoms with Crippen molar-refractivity contribution in [2.75, 3.05) is 25.0 Å². The molecule has 3 rings (SSSR count). The minimum atomic E-state index is 0.592. The molecule has 0 saturated carbocycles. The SMILES string of the molecule is CCOc1ccc(NC(=S)N2CCC(n3cccc3)CC2)cc1. The number of hydrogen-bond acceptors (Lipinski definition) is 2. The van der Waals surface area contributed by atoms with Crippen LogP contribution in [0.4, 0.5) is 5.69 Å². The smallest absolute Gasteiger partial charge is 0.173 e. The van der Waals surface area contributed by atoms with E-state index in [4.69, 9.17) is 17.0 Å². The molecule has 4 nitrogen and oxygen atoms in total. The fourth-order valence-corrected chi connectivity index (χ4v) is 3.26. The Labute approximate surface area is 143 Å². The number of thiocarbonyl (C=S) groups is 1. The summed E-state index contributed by atoms with van der Waals surface area (Å²) in [7, 11) is 0. The van der Waals surface area contributed by atoms with Gasteiger partial charge in [-0.15, -0.1) is 0 Å². The normalized spacial score (nSPS) is 15.4. The number of piperidine rings is 1. The lowest BCUT2D eigenvalue weighted by molar-refractivity contribution is 0.269. The highest BCUT2D eigenvalue weighted by molar-refractivity contribution is 7.80. The Morgan fingerprint density at radius 2 is 1.83 bits per heavy atom. The number of rotatable bonds is 4. The van der Waals surface area contributed by atoms with E-state index in [-0.39, 0.29) is 0 Å². The molecule has 0 bridgehead atoms. The minimum absolute atomic E-state index is 0.592. The molecule has 2 heterocycles. The molecule has 0 atom stereocenters. The van der Waals surface area contributed by atoms with Gasteiger partial charge < -0.3 is 19.5 Å². The van der Waals surface area contributed by atoms with Gasteiger partial charge in [0, 0.05) is 37.2 Å². The van der Waals surface area contributed by atoms with E-state index in [2.05, 4.69) is 39.3 Å². The zero-order chi connectivity index (χ0) is 16.1. The standard InChI is InChI=1S/C18H23N3OS/c1-2-22-17-7-5-15(6-8-17)19-18(23)21-13-9-16(10-14-21)20-11-3-4-12-20/h3-8,11-12,16H,2,9-10,13-14H2,1H3,(H,19,23). The summed E-state index contributed by atoms with van der Waals surface area (Å²) in [6, 6.07) is 12.7. The Bertz CT molecular complexity index is 616. The molecule has 1 fully saturated rings. The molecular weight excluding hydrogens is 306 g/mol. The van der Waals surface area contributed by atoms with Crippen LogP contribution in [-0.2, 0) is 0 Å². The Morgan fingerprint density at radius 3 is 2.43 bits per heavy atom. The highest BCUT2D eigenvalue weighted by Crippen LogP contribution is 2.23. The van der Waals surface area contributed by atoms with Gasteiger partial charge in [0.25, 0.3) is 0 Å². The molecule has 0 unspecified atom stereocenters. The molecule has 1 aromatic heterocycles. The van der Waals surface area contributed by atoms with Crippen LogP contribution in [0.3, 0.4) is 0 Å². The van der Waals surface area contributed by atoms with Crippen LogP contribution in [0.2, 0.25) is 0 Å². The van der Waals surface area contributed by atoms with Crippen LogP contribution in [-0.4, -0.2) is 34.3 Å². The molecule has 0 radical (unpaired) electrons. The summed E-state index contributed by atoms with van der Waals surface area (Å²) in [5, 5.41) is 4.13. The highest BCUT2D eigenvalue weighted by Gasteiger charge is 2.21. The molecule has 0 aliphatic carbocycles. The molecule has 1 aliphatic rings. The van der Waals surface area contributed by atoms with Crippen molar-refractivity contribution >= 4 is 23.0 Å². The second-order valence-corrected chi connectivity index (χ2v) is 6.12. The van der Waals surface area contributed by atoms with Gasteiger partial charge in [-0.3, -0.25) is 0 Å². The van der Waals surface area contributed by atoms with Crippen LogP contribution in [0.25, 0.3) is 0 Å². The molecule has 23 heavy (non-hydrogen) atoms. The number of anilines is 1. The van der Waals surface area contributed by atoms with Crippen LogP contribution in [0.15, 0.2) is 48.8 Å². The van der Waals surface area contributed by atoms with Crippen LogP contribution in [0.1, 0.15) is 25.8 Å². The van der Waals surface area contributed by atoms with Gasteiger partial charge in [-0.05, 0) is 68.4 Å². The fourth-order valence-electron chi connectivity index (χ4n) is 2.96. The number of nitrogens with zero attached hydrogens (tertiary/aromatic N) is 2. The van der Waals surface area contributed by atoms with E-state index >= 15 is 0 Å². The Balaban J connectivity index is 1.51. The Kier molecular flexibility index (Phi) is 5.18. The molecule has 0 amide bonds. The number of benzene rings is 1.